The number of carbonyl (C=O) groups is 1. The zero-order valence-corrected chi connectivity index (χ0v) is 15.0. The number of likely N-dealkylation sites (N-methyl/N-ethyl adjacent to an activating group) is 1. The van der Waals surface area contributed by atoms with Gasteiger partial charge >= 0.3 is 0 Å². The summed E-state index contributed by atoms with van der Waals surface area (Å²) in [5, 5.41) is 3.04. The van der Waals surface area contributed by atoms with Crippen molar-refractivity contribution in [3.8, 4) is 5.75 Å². The van der Waals surface area contributed by atoms with Gasteiger partial charge in [0.05, 0.1) is 13.7 Å². The molecule has 0 saturated carbocycles. The van der Waals surface area contributed by atoms with Crippen LogP contribution in [-0.4, -0.2) is 26.1 Å². The molecule has 0 heterocycles. The second-order valence-corrected chi connectivity index (χ2v) is 6.20. The first-order valence-corrected chi connectivity index (χ1v) is 8.38. The Morgan fingerprint density at radius 1 is 1.08 bits per heavy atom. The number of benzene rings is 2. The maximum absolute atomic E-state index is 12.3. The van der Waals surface area contributed by atoms with E-state index in [4.69, 9.17) is 4.74 Å². The molecule has 0 fully saturated rings. The fourth-order valence-electron chi connectivity index (χ4n) is 2.75. The van der Waals surface area contributed by atoms with Crippen LogP contribution in [0.2, 0.25) is 0 Å². The summed E-state index contributed by atoms with van der Waals surface area (Å²) < 4.78 is 5.45. The number of anilines is 1. The van der Waals surface area contributed by atoms with Crippen molar-refractivity contribution in [1.82, 2.24) is 0 Å². The average Bonchev–Trinajstić information content (AvgIpc) is 2.53. The first-order valence-electron chi connectivity index (χ1n) is 8.38. The molecule has 1 amide bonds. The van der Waals surface area contributed by atoms with Crippen LogP contribution in [0.1, 0.15) is 23.6 Å². The number of rotatable bonds is 7. The van der Waals surface area contributed by atoms with Gasteiger partial charge in [0.2, 0.25) is 0 Å². The lowest BCUT2D eigenvalue weighted by molar-refractivity contribution is -0.885. The first-order chi connectivity index (χ1) is 11.5. The summed E-state index contributed by atoms with van der Waals surface area (Å²) in [6, 6.07) is 14.1. The molecule has 0 saturated heterocycles. The second kappa shape index (κ2) is 8.50. The molecule has 0 aromatic heterocycles. The van der Waals surface area contributed by atoms with Crippen molar-refractivity contribution in [2.75, 3.05) is 25.5 Å². The number of carbonyl (C=O) groups excluding carboxylic acids is 1. The van der Waals surface area contributed by atoms with E-state index in [2.05, 4.69) is 17.4 Å². The third-order valence-electron chi connectivity index (χ3n) is 3.95. The van der Waals surface area contributed by atoms with Gasteiger partial charge < -0.3 is 15.0 Å². The van der Waals surface area contributed by atoms with E-state index in [0.717, 1.165) is 34.0 Å². The Balaban J connectivity index is 1.89. The molecule has 4 heteroatoms. The van der Waals surface area contributed by atoms with Crippen molar-refractivity contribution in [2.45, 2.75) is 27.3 Å². The largest absolute Gasteiger partial charge is 0.494 e. The van der Waals surface area contributed by atoms with Gasteiger partial charge in [0.25, 0.3) is 5.91 Å². The minimum Gasteiger partial charge on any atom is -0.494 e. The number of amides is 1. The Morgan fingerprint density at radius 3 is 2.29 bits per heavy atom. The number of ether oxygens (including phenoxy) is 1. The maximum Gasteiger partial charge on any atom is 0.279 e. The summed E-state index contributed by atoms with van der Waals surface area (Å²) in [5.74, 6) is 0.919. The molecule has 0 bridgehead atoms. The summed E-state index contributed by atoms with van der Waals surface area (Å²) in [4.78, 5) is 13.4. The SMILES string of the molecule is CCOc1ccc(C[NH+](C)CC(=O)Nc2c(C)cccc2C)cc1. The summed E-state index contributed by atoms with van der Waals surface area (Å²) in [7, 11) is 2.03. The van der Waals surface area contributed by atoms with E-state index in [1.165, 1.54) is 5.56 Å². The van der Waals surface area contributed by atoms with E-state index in [1.807, 2.05) is 58.2 Å². The molecule has 2 aromatic rings. The van der Waals surface area contributed by atoms with Crippen molar-refractivity contribution in [1.29, 1.82) is 0 Å². The molecule has 0 aliphatic heterocycles. The number of hydrogen-bond donors (Lipinski definition) is 2. The highest BCUT2D eigenvalue weighted by Crippen LogP contribution is 2.18. The average molecular weight is 327 g/mol. The van der Waals surface area contributed by atoms with E-state index in [0.29, 0.717) is 13.2 Å². The normalized spacial score (nSPS) is 11.8. The van der Waals surface area contributed by atoms with E-state index >= 15 is 0 Å². The Bertz CT molecular complexity index is 660. The molecule has 2 aromatic carbocycles. The topological polar surface area (TPSA) is 42.8 Å². The summed E-state index contributed by atoms with van der Waals surface area (Å²) in [6.45, 7) is 7.90. The fraction of sp³-hybridized carbons (Fsp3) is 0.350. The monoisotopic (exact) mass is 327 g/mol. The van der Waals surface area contributed by atoms with Crippen LogP contribution in [-0.2, 0) is 11.3 Å². The number of para-hydroxylation sites is 1. The zero-order valence-electron chi connectivity index (χ0n) is 15.0. The number of quaternary nitrogens is 1. The van der Waals surface area contributed by atoms with Gasteiger partial charge in [0, 0.05) is 11.3 Å². The van der Waals surface area contributed by atoms with Crippen LogP contribution in [0.15, 0.2) is 42.5 Å². The van der Waals surface area contributed by atoms with Crippen molar-refractivity contribution in [2.24, 2.45) is 0 Å². The molecule has 4 nitrogen and oxygen atoms in total. The minimum absolute atomic E-state index is 0.0378. The summed E-state index contributed by atoms with van der Waals surface area (Å²) >= 11 is 0. The maximum atomic E-state index is 12.3. The van der Waals surface area contributed by atoms with Crippen molar-refractivity contribution < 1.29 is 14.4 Å². The second-order valence-electron chi connectivity index (χ2n) is 6.20. The molecular weight excluding hydrogens is 300 g/mol. The van der Waals surface area contributed by atoms with E-state index in [9.17, 15) is 4.79 Å². The number of nitrogens with one attached hydrogen (secondary N) is 2. The van der Waals surface area contributed by atoms with Crippen molar-refractivity contribution in [3.05, 3.63) is 59.2 Å². The van der Waals surface area contributed by atoms with E-state index in [-0.39, 0.29) is 5.91 Å². The highest BCUT2D eigenvalue weighted by molar-refractivity contribution is 5.93. The highest BCUT2D eigenvalue weighted by Gasteiger charge is 2.13. The first kappa shape index (κ1) is 18.0. The number of hydrogen-bond acceptors (Lipinski definition) is 2. The Kier molecular flexibility index (Phi) is 6.38. The van der Waals surface area contributed by atoms with E-state index < -0.39 is 0 Å². The number of aryl methyl sites for hydroxylation is 2. The van der Waals surface area contributed by atoms with Crippen LogP contribution in [0.3, 0.4) is 0 Å². The highest BCUT2D eigenvalue weighted by atomic mass is 16.5. The van der Waals surface area contributed by atoms with Gasteiger partial charge in [-0.05, 0) is 56.2 Å². The van der Waals surface area contributed by atoms with Gasteiger partial charge in [-0.3, -0.25) is 4.79 Å². The van der Waals surface area contributed by atoms with Crippen LogP contribution < -0.4 is 15.0 Å². The smallest absolute Gasteiger partial charge is 0.279 e. The molecule has 24 heavy (non-hydrogen) atoms. The summed E-state index contributed by atoms with van der Waals surface area (Å²) in [6.07, 6.45) is 0. The Morgan fingerprint density at radius 2 is 1.71 bits per heavy atom. The van der Waals surface area contributed by atoms with Gasteiger partial charge in [-0.1, -0.05) is 18.2 Å². The third kappa shape index (κ3) is 5.10. The molecule has 1 atom stereocenters. The quantitative estimate of drug-likeness (QED) is 0.820. The van der Waals surface area contributed by atoms with E-state index in [1.54, 1.807) is 0 Å². The molecule has 0 radical (unpaired) electrons. The predicted molar refractivity (Wildman–Crippen MR) is 97.6 cm³/mol. The van der Waals surface area contributed by atoms with Crippen molar-refractivity contribution >= 4 is 11.6 Å². The molecule has 2 N–H and O–H groups in total. The molecule has 1 unspecified atom stereocenters. The van der Waals surface area contributed by atoms with Gasteiger partial charge in [0.1, 0.15) is 12.3 Å². The predicted octanol–water partition coefficient (Wildman–Crippen LogP) is 2.36. The minimum atomic E-state index is 0.0378. The van der Waals surface area contributed by atoms with Crippen LogP contribution in [0, 0.1) is 13.8 Å². The van der Waals surface area contributed by atoms with Gasteiger partial charge in [-0.25, -0.2) is 0 Å². The molecule has 128 valence electrons. The third-order valence-corrected chi connectivity index (χ3v) is 3.95. The van der Waals surface area contributed by atoms with Crippen LogP contribution in [0.25, 0.3) is 0 Å². The molecule has 0 spiro atoms. The van der Waals surface area contributed by atoms with Gasteiger partial charge in [-0.2, -0.15) is 0 Å². The molecular formula is C20H27N2O2+. The molecule has 2 rings (SSSR count). The standard InChI is InChI=1S/C20H26N2O2/c1-5-24-18-11-9-17(10-12-18)13-22(4)14-19(23)21-20-15(2)7-6-8-16(20)3/h6-12H,5,13-14H2,1-4H3,(H,21,23)/p+1. The lowest BCUT2D eigenvalue weighted by Crippen LogP contribution is -3.08. The lowest BCUT2D eigenvalue weighted by atomic mass is 10.1. The van der Waals surface area contributed by atoms with Gasteiger partial charge in [-0.15, -0.1) is 0 Å². The summed E-state index contributed by atoms with van der Waals surface area (Å²) in [5.41, 5.74) is 4.30. The lowest BCUT2D eigenvalue weighted by Gasteiger charge is -2.16. The fourth-order valence-corrected chi connectivity index (χ4v) is 2.75. The van der Waals surface area contributed by atoms with Crippen molar-refractivity contribution in [3.63, 3.8) is 0 Å². The van der Waals surface area contributed by atoms with Crippen LogP contribution in [0.5, 0.6) is 5.75 Å². The van der Waals surface area contributed by atoms with Gasteiger partial charge in [0.15, 0.2) is 6.54 Å². The Labute approximate surface area is 144 Å². The van der Waals surface area contributed by atoms with Crippen LogP contribution >= 0.6 is 0 Å². The molecule has 0 aliphatic rings. The molecule has 0 aliphatic carbocycles. The Hall–Kier alpha value is -2.33. The van der Waals surface area contributed by atoms with Crippen LogP contribution in [0.4, 0.5) is 5.69 Å². The zero-order chi connectivity index (χ0) is 17.5.